The number of nitrogens with one attached hydrogen (secondary N) is 1. The van der Waals surface area contributed by atoms with Gasteiger partial charge in [0.05, 0.1) is 0 Å². The van der Waals surface area contributed by atoms with Gasteiger partial charge < -0.3 is 5.73 Å². The molecule has 0 aliphatic heterocycles. The van der Waals surface area contributed by atoms with Crippen molar-refractivity contribution >= 4 is 10.2 Å². The highest BCUT2D eigenvalue weighted by Crippen LogP contribution is 2.35. The van der Waals surface area contributed by atoms with Crippen molar-refractivity contribution in [3.05, 3.63) is 0 Å². The topological polar surface area (TPSA) is 75.4 Å². The Balaban J connectivity index is 3.00. The van der Waals surface area contributed by atoms with Gasteiger partial charge in [-0.1, -0.05) is 19.8 Å². The first kappa shape index (κ1) is 13.9. The first-order valence-corrected chi connectivity index (χ1v) is 7.38. The fourth-order valence-corrected chi connectivity index (χ4v) is 3.92. The lowest BCUT2D eigenvalue weighted by Crippen LogP contribution is -2.57. The Kier molecular flexibility index (Phi) is 4.73. The minimum atomic E-state index is -3.37. The average molecular weight is 249 g/mol. The van der Waals surface area contributed by atoms with Gasteiger partial charge >= 0.3 is 0 Å². The summed E-state index contributed by atoms with van der Waals surface area (Å²) < 4.78 is 28.0. The highest BCUT2D eigenvalue weighted by Gasteiger charge is 2.43. The molecule has 16 heavy (non-hydrogen) atoms. The van der Waals surface area contributed by atoms with Crippen molar-refractivity contribution in [1.29, 1.82) is 0 Å². The molecule has 0 bridgehead atoms. The predicted molar refractivity (Wildman–Crippen MR) is 65.2 cm³/mol. The Bertz CT molecular complexity index is 310. The van der Waals surface area contributed by atoms with Crippen molar-refractivity contribution in [1.82, 2.24) is 9.03 Å². The van der Waals surface area contributed by atoms with Crippen LogP contribution >= 0.6 is 0 Å². The molecule has 1 aliphatic rings. The Morgan fingerprint density at radius 2 is 1.94 bits per heavy atom. The first-order valence-electron chi connectivity index (χ1n) is 5.94. The Labute approximate surface area is 98.6 Å². The van der Waals surface area contributed by atoms with Crippen LogP contribution in [0.25, 0.3) is 0 Å². The summed E-state index contributed by atoms with van der Waals surface area (Å²) in [4.78, 5) is 0. The molecule has 0 spiro atoms. The van der Waals surface area contributed by atoms with Crippen LogP contribution in [-0.2, 0) is 10.2 Å². The van der Waals surface area contributed by atoms with Gasteiger partial charge in [0.25, 0.3) is 10.2 Å². The molecule has 0 aromatic heterocycles. The molecule has 96 valence electrons. The van der Waals surface area contributed by atoms with Crippen molar-refractivity contribution in [2.45, 2.75) is 44.6 Å². The monoisotopic (exact) mass is 249 g/mol. The standard InChI is InChI=1S/C10H23N3O2S/c1-3-8-13(16(14,15)12-2)10(9-11)6-4-5-7-10/h12H,3-9,11H2,1-2H3. The van der Waals surface area contributed by atoms with Crippen LogP contribution in [-0.4, -0.2) is 38.4 Å². The lowest BCUT2D eigenvalue weighted by atomic mass is 9.98. The summed E-state index contributed by atoms with van der Waals surface area (Å²) in [5, 5.41) is 0. The molecule has 0 aromatic carbocycles. The van der Waals surface area contributed by atoms with E-state index in [9.17, 15) is 8.42 Å². The number of rotatable bonds is 6. The van der Waals surface area contributed by atoms with E-state index >= 15 is 0 Å². The molecule has 0 amide bonds. The minimum absolute atomic E-state index is 0.349. The number of nitrogens with zero attached hydrogens (tertiary/aromatic N) is 1. The van der Waals surface area contributed by atoms with Gasteiger partial charge in [0.1, 0.15) is 0 Å². The molecule has 1 fully saturated rings. The maximum atomic E-state index is 12.0. The highest BCUT2D eigenvalue weighted by molar-refractivity contribution is 7.87. The summed E-state index contributed by atoms with van der Waals surface area (Å²) in [7, 11) is -1.92. The second kappa shape index (κ2) is 5.44. The highest BCUT2D eigenvalue weighted by atomic mass is 32.2. The van der Waals surface area contributed by atoms with E-state index in [1.54, 1.807) is 4.31 Å². The van der Waals surface area contributed by atoms with Crippen LogP contribution in [0.15, 0.2) is 0 Å². The summed E-state index contributed by atoms with van der Waals surface area (Å²) in [5.74, 6) is 0. The van der Waals surface area contributed by atoms with Crippen LogP contribution in [0.1, 0.15) is 39.0 Å². The summed E-state index contributed by atoms with van der Waals surface area (Å²) in [6.07, 6.45) is 4.70. The maximum Gasteiger partial charge on any atom is 0.279 e. The van der Waals surface area contributed by atoms with Crippen LogP contribution in [0.5, 0.6) is 0 Å². The van der Waals surface area contributed by atoms with Crippen molar-refractivity contribution in [2.24, 2.45) is 5.73 Å². The molecule has 0 unspecified atom stereocenters. The van der Waals surface area contributed by atoms with Gasteiger partial charge in [-0.25, -0.2) is 4.72 Å². The maximum absolute atomic E-state index is 12.0. The molecule has 0 saturated heterocycles. The van der Waals surface area contributed by atoms with Crippen LogP contribution in [0.3, 0.4) is 0 Å². The molecule has 1 rings (SSSR count). The van der Waals surface area contributed by atoms with Gasteiger partial charge in [-0.15, -0.1) is 0 Å². The van der Waals surface area contributed by atoms with E-state index in [1.165, 1.54) is 7.05 Å². The summed E-state index contributed by atoms with van der Waals surface area (Å²) in [5.41, 5.74) is 5.47. The normalized spacial score (nSPS) is 20.5. The molecular weight excluding hydrogens is 226 g/mol. The van der Waals surface area contributed by atoms with Crippen molar-refractivity contribution in [3.8, 4) is 0 Å². The molecule has 0 atom stereocenters. The van der Waals surface area contributed by atoms with Crippen LogP contribution in [0, 0.1) is 0 Å². The van der Waals surface area contributed by atoms with Gasteiger partial charge in [-0.3, -0.25) is 0 Å². The zero-order valence-electron chi connectivity index (χ0n) is 10.2. The molecular formula is C10H23N3O2S. The smallest absolute Gasteiger partial charge is 0.279 e. The number of nitrogens with two attached hydrogens (primary N) is 1. The van der Waals surface area contributed by atoms with Gasteiger partial charge in [-0.05, 0) is 19.3 Å². The molecule has 0 aromatic rings. The van der Waals surface area contributed by atoms with Crippen molar-refractivity contribution in [3.63, 3.8) is 0 Å². The first-order chi connectivity index (χ1) is 7.52. The summed E-state index contributed by atoms with van der Waals surface area (Å²) in [6.45, 7) is 2.94. The van der Waals surface area contributed by atoms with Gasteiger partial charge in [0, 0.05) is 25.7 Å². The second-order valence-corrected chi connectivity index (χ2v) is 6.22. The summed E-state index contributed by atoms with van der Waals surface area (Å²) >= 11 is 0. The molecule has 0 heterocycles. The zero-order valence-corrected chi connectivity index (χ0v) is 11.0. The van der Waals surface area contributed by atoms with E-state index in [0.29, 0.717) is 13.1 Å². The van der Waals surface area contributed by atoms with Gasteiger partial charge in [0.2, 0.25) is 0 Å². The molecule has 6 heteroatoms. The Morgan fingerprint density at radius 1 is 1.38 bits per heavy atom. The van der Waals surface area contributed by atoms with E-state index in [4.69, 9.17) is 5.73 Å². The Hall–Kier alpha value is -0.170. The van der Waals surface area contributed by atoms with E-state index in [-0.39, 0.29) is 5.54 Å². The Morgan fingerprint density at radius 3 is 2.31 bits per heavy atom. The van der Waals surface area contributed by atoms with Crippen molar-refractivity contribution < 1.29 is 8.42 Å². The van der Waals surface area contributed by atoms with Crippen LogP contribution in [0.2, 0.25) is 0 Å². The molecule has 0 radical (unpaired) electrons. The van der Waals surface area contributed by atoms with E-state index in [0.717, 1.165) is 32.1 Å². The fraction of sp³-hybridized carbons (Fsp3) is 1.00. The lowest BCUT2D eigenvalue weighted by molar-refractivity contribution is 0.195. The SMILES string of the molecule is CCCN(C1(CN)CCCC1)S(=O)(=O)NC. The minimum Gasteiger partial charge on any atom is -0.329 e. The summed E-state index contributed by atoms with van der Waals surface area (Å²) in [6, 6.07) is 0. The molecule has 1 aliphatic carbocycles. The van der Waals surface area contributed by atoms with Gasteiger partial charge in [-0.2, -0.15) is 12.7 Å². The third-order valence-electron chi connectivity index (χ3n) is 3.42. The van der Waals surface area contributed by atoms with Gasteiger partial charge in [0.15, 0.2) is 0 Å². The molecule has 1 saturated carbocycles. The average Bonchev–Trinajstić information content (AvgIpc) is 2.75. The van der Waals surface area contributed by atoms with Crippen molar-refractivity contribution in [2.75, 3.05) is 20.1 Å². The van der Waals surface area contributed by atoms with E-state index in [1.807, 2.05) is 6.92 Å². The molecule has 3 N–H and O–H groups in total. The lowest BCUT2D eigenvalue weighted by Gasteiger charge is -2.39. The fourth-order valence-electron chi connectivity index (χ4n) is 2.51. The third kappa shape index (κ3) is 2.56. The predicted octanol–water partition coefficient (Wildman–Crippen LogP) is 0.434. The van der Waals surface area contributed by atoms with Crippen LogP contribution < -0.4 is 10.5 Å². The van der Waals surface area contributed by atoms with E-state index < -0.39 is 10.2 Å². The molecule has 5 nitrogen and oxygen atoms in total. The quantitative estimate of drug-likeness (QED) is 0.717. The second-order valence-electron chi connectivity index (χ2n) is 4.42. The number of hydrogen-bond acceptors (Lipinski definition) is 3. The van der Waals surface area contributed by atoms with E-state index in [2.05, 4.69) is 4.72 Å². The zero-order chi connectivity index (χ0) is 12.2. The third-order valence-corrected chi connectivity index (χ3v) is 5.08. The number of hydrogen-bond donors (Lipinski definition) is 2. The van der Waals surface area contributed by atoms with Crippen LogP contribution in [0.4, 0.5) is 0 Å². The largest absolute Gasteiger partial charge is 0.329 e.